The molecule has 3 aromatic rings. The van der Waals surface area contributed by atoms with Gasteiger partial charge in [-0.15, -0.1) is 5.10 Å². The summed E-state index contributed by atoms with van der Waals surface area (Å²) in [5.74, 6) is -1.74. The van der Waals surface area contributed by atoms with Crippen LogP contribution in [0.4, 0.5) is 14.5 Å². The number of anilines is 1. The summed E-state index contributed by atoms with van der Waals surface area (Å²) in [5, 5.41) is 11.0. The molecule has 1 aromatic heterocycles. The van der Waals surface area contributed by atoms with Gasteiger partial charge < -0.3 is 5.73 Å². The topological polar surface area (TPSA) is 69.6 Å². The van der Waals surface area contributed by atoms with E-state index in [4.69, 9.17) is 5.73 Å². The van der Waals surface area contributed by atoms with Crippen molar-refractivity contribution in [1.82, 2.24) is 20.2 Å². The fourth-order valence-corrected chi connectivity index (χ4v) is 1.87. The summed E-state index contributed by atoms with van der Waals surface area (Å²) in [6, 6.07) is 10.7. The lowest BCUT2D eigenvalue weighted by molar-refractivity contribution is 0.501. The van der Waals surface area contributed by atoms with Gasteiger partial charge in [-0.25, -0.2) is 8.78 Å². The van der Waals surface area contributed by atoms with E-state index in [9.17, 15) is 8.78 Å². The second kappa shape index (κ2) is 4.69. The van der Waals surface area contributed by atoms with Crippen LogP contribution in [-0.2, 0) is 0 Å². The molecule has 100 valence electrons. The summed E-state index contributed by atoms with van der Waals surface area (Å²) in [5.41, 5.74) is 6.76. The summed E-state index contributed by atoms with van der Waals surface area (Å²) >= 11 is 0. The largest absolute Gasteiger partial charge is 0.398 e. The Hall–Kier alpha value is -2.83. The molecule has 20 heavy (non-hydrogen) atoms. The second-order valence-electron chi connectivity index (χ2n) is 4.07. The maximum atomic E-state index is 13.8. The van der Waals surface area contributed by atoms with Gasteiger partial charge in [0.15, 0.2) is 17.5 Å². The lowest BCUT2D eigenvalue weighted by Crippen LogP contribution is -2.05. The number of halogens is 2. The van der Waals surface area contributed by atoms with E-state index < -0.39 is 11.6 Å². The van der Waals surface area contributed by atoms with Crippen LogP contribution in [0.1, 0.15) is 0 Å². The highest BCUT2D eigenvalue weighted by Gasteiger charge is 2.17. The smallest absolute Gasteiger partial charge is 0.189 e. The molecule has 0 fully saturated rings. The van der Waals surface area contributed by atoms with Crippen LogP contribution in [0.25, 0.3) is 17.1 Å². The minimum absolute atomic E-state index is 0.0757. The van der Waals surface area contributed by atoms with E-state index in [2.05, 4.69) is 15.5 Å². The molecule has 1 heterocycles. The predicted molar refractivity (Wildman–Crippen MR) is 68.9 cm³/mol. The molecule has 0 bridgehead atoms. The van der Waals surface area contributed by atoms with Gasteiger partial charge in [0.05, 0.1) is 0 Å². The van der Waals surface area contributed by atoms with Crippen LogP contribution in [0.15, 0.2) is 42.5 Å². The van der Waals surface area contributed by atoms with E-state index in [0.717, 1.165) is 10.7 Å². The molecule has 0 spiro atoms. The first-order chi connectivity index (χ1) is 9.68. The monoisotopic (exact) mass is 273 g/mol. The van der Waals surface area contributed by atoms with Gasteiger partial charge in [0.1, 0.15) is 5.69 Å². The van der Waals surface area contributed by atoms with E-state index in [0.29, 0.717) is 11.3 Å². The lowest BCUT2D eigenvalue weighted by atomic mass is 10.1. The van der Waals surface area contributed by atoms with Crippen LogP contribution >= 0.6 is 0 Å². The number of rotatable bonds is 2. The Kier molecular flexibility index (Phi) is 2.86. The van der Waals surface area contributed by atoms with Crippen LogP contribution in [-0.4, -0.2) is 20.2 Å². The molecule has 0 atom stereocenters. The van der Waals surface area contributed by atoms with Crippen molar-refractivity contribution in [3.05, 3.63) is 54.1 Å². The van der Waals surface area contributed by atoms with Crippen molar-refractivity contribution in [3.63, 3.8) is 0 Å². The molecule has 0 aliphatic rings. The Morgan fingerprint density at radius 1 is 1.00 bits per heavy atom. The maximum Gasteiger partial charge on any atom is 0.189 e. The molecular weight excluding hydrogens is 264 g/mol. The van der Waals surface area contributed by atoms with Crippen LogP contribution in [0.2, 0.25) is 0 Å². The molecule has 0 amide bonds. The third-order valence-electron chi connectivity index (χ3n) is 2.83. The number of benzene rings is 2. The molecule has 0 unspecified atom stereocenters. The van der Waals surface area contributed by atoms with Gasteiger partial charge in [-0.3, -0.25) is 0 Å². The minimum Gasteiger partial charge on any atom is -0.398 e. The molecule has 0 radical (unpaired) electrons. The first-order valence-electron chi connectivity index (χ1n) is 5.76. The fraction of sp³-hybridized carbons (Fsp3) is 0. The number of aromatic nitrogens is 4. The highest BCUT2D eigenvalue weighted by molar-refractivity contribution is 5.72. The molecule has 3 rings (SSSR count). The lowest BCUT2D eigenvalue weighted by Gasteiger charge is -2.07. The average Bonchev–Trinajstić information content (AvgIpc) is 2.91. The van der Waals surface area contributed by atoms with Gasteiger partial charge in [0.25, 0.3) is 0 Å². The standard InChI is InChI=1S/C13H9F2N5/c14-9-5-3-7-11(12(9)15)20-13(17-18-19-20)8-4-1-2-6-10(8)16/h1-7H,16H2. The van der Waals surface area contributed by atoms with E-state index in [1.807, 2.05) is 0 Å². The number of tetrazole rings is 1. The number of para-hydroxylation sites is 1. The fourth-order valence-electron chi connectivity index (χ4n) is 1.87. The SMILES string of the molecule is Nc1ccccc1-c1nnnn1-c1cccc(F)c1F. The molecule has 0 saturated heterocycles. The van der Waals surface area contributed by atoms with Crippen molar-refractivity contribution < 1.29 is 8.78 Å². The predicted octanol–water partition coefficient (Wildman–Crippen LogP) is 2.19. The first-order valence-corrected chi connectivity index (χ1v) is 5.76. The number of hydrogen-bond donors (Lipinski definition) is 1. The van der Waals surface area contributed by atoms with Gasteiger partial charge in [-0.1, -0.05) is 18.2 Å². The van der Waals surface area contributed by atoms with Crippen molar-refractivity contribution >= 4 is 5.69 Å². The van der Waals surface area contributed by atoms with E-state index in [-0.39, 0.29) is 11.5 Å². The quantitative estimate of drug-likeness (QED) is 0.727. The Bertz CT molecular complexity index is 769. The summed E-state index contributed by atoms with van der Waals surface area (Å²) in [6.07, 6.45) is 0. The molecule has 0 aliphatic heterocycles. The zero-order valence-corrected chi connectivity index (χ0v) is 10.2. The molecule has 0 saturated carbocycles. The highest BCUT2D eigenvalue weighted by Crippen LogP contribution is 2.26. The third kappa shape index (κ3) is 1.89. The van der Waals surface area contributed by atoms with Gasteiger partial charge >= 0.3 is 0 Å². The summed E-state index contributed by atoms with van der Waals surface area (Å²) in [6.45, 7) is 0. The summed E-state index contributed by atoms with van der Waals surface area (Å²) in [7, 11) is 0. The van der Waals surface area contributed by atoms with Gasteiger partial charge in [-0.05, 0) is 34.7 Å². The van der Waals surface area contributed by atoms with Gasteiger partial charge in [-0.2, -0.15) is 4.68 Å². The Labute approximate surface area is 112 Å². The Morgan fingerprint density at radius 3 is 2.60 bits per heavy atom. The van der Waals surface area contributed by atoms with Crippen molar-refractivity contribution in [3.8, 4) is 17.1 Å². The second-order valence-corrected chi connectivity index (χ2v) is 4.07. The normalized spacial score (nSPS) is 10.7. The Morgan fingerprint density at radius 2 is 1.80 bits per heavy atom. The van der Waals surface area contributed by atoms with Crippen LogP contribution in [0.3, 0.4) is 0 Å². The molecule has 2 aromatic carbocycles. The van der Waals surface area contributed by atoms with E-state index in [1.54, 1.807) is 24.3 Å². The van der Waals surface area contributed by atoms with Gasteiger partial charge in [0, 0.05) is 11.3 Å². The number of hydrogen-bond acceptors (Lipinski definition) is 4. The highest BCUT2D eigenvalue weighted by atomic mass is 19.2. The van der Waals surface area contributed by atoms with E-state index >= 15 is 0 Å². The van der Waals surface area contributed by atoms with Crippen molar-refractivity contribution in [2.24, 2.45) is 0 Å². The van der Waals surface area contributed by atoms with Crippen molar-refractivity contribution in [2.75, 3.05) is 5.73 Å². The first kappa shape index (κ1) is 12.2. The molecule has 2 N–H and O–H groups in total. The summed E-state index contributed by atoms with van der Waals surface area (Å²) < 4.78 is 28.3. The molecule has 5 nitrogen and oxygen atoms in total. The van der Waals surface area contributed by atoms with Crippen LogP contribution in [0.5, 0.6) is 0 Å². The molecule has 0 aliphatic carbocycles. The zero-order valence-electron chi connectivity index (χ0n) is 10.2. The number of nitrogens with zero attached hydrogens (tertiary/aromatic N) is 4. The average molecular weight is 273 g/mol. The van der Waals surface area contributed by atoms with Crippen molar-refractivity contribution in [2.45, 2.75) is 0 Å². The zero-order chi connectivity index (χ0) is 14.1. The van der Waals surface area contributed by atoms with Crippen molar-refractivity contribution in [1.29, 1.82) is 0 Å². The molecule has 7 heteroatoms. The van der Waals surface area contributed by atoms with Crippen LogP contribution < -0.4 is 5.73 Å². The maximum absolute atomic E-state index is 13.8. The number of nitrogens with two attached hydrogens (primary N) is 1. The molecular formula is C13H9F2N5. The summed E-state index contributed by atoms with van der Waals surface area (Å²) in [4.78, 5) is 0. The third-order valence-corrected chi connectivity index (χ3v) is 2.83. The Balaban J connectivity index is 2.21. The number of nitrogen functional groups attached to an aromatic ring is 1. The van der Waals surface area contributed by atoms with Crippen LogP contribution in [0, 0.1) is 11.6 Å². The van der Waals surface area contributed by atoms with E-state index in [1.165, 1.54) is 12.1 Å². The van der Waals surface area contributed by atoms with Gasteiger partial charge in [0.2, 0.25) is 0 Å². The minimum atomic E-state index is -1.02.